The standard InChI is InChI=1S/C12H17NO3S/c1-16-11-6-8-12(9-7-11)17(14,15)13-10-4-2-3-5-10/h6-10,13H,2-5H2,1H3. The van der Waals surface area contributed by atoms with E-state index in [0.717, 1.165) is 25.7 Å². The first-order valence-electron chi connectivity index (χ1n) is 5.78. The molecule has 0 spiro atoms. The molecule has 0 aliphatic heterocycles. The Morgan fingerprint density at radius 2 is 1.76 bits per heavy atom. The summed E-state index contributed by atoms with van der Waals surface area (Å²) in [5.74, 6) is 0.657. The number of rotatable bonds is 4. The summed E-state index contributed by atoms with van der Waals surface area (Å²) in [6.07, 6.45) is 4.09. The fraction of sp³-hybridized carbons (Fsp3) is 0.500. The molecule has 0 aromatic heterocycles. The normalized spacial score (nSPS) is 17.2. The number of sulfonamides is 1. The maximum atomic E-state index is 12.0. The monoisotopic (exact) mass is 255 g/mol. The molecule has 0 unspecified atom stereocenters. The summed E-state index contributed by atoms with van der Waals surface area (Å²) >= 11 is 0. The number of nitrogens with one attached hydrogen (secondary N) is 1. The number of ether oxygens (including phenoxy) is 1. The van der Waals surface area contributed by atoms with Crippen LogP contribution in [0.1, 0.15) is 25.7 Å². The summed E-state index contributed by atoms with van der Waals surface area (Å²) in [6, 6.07) is 6.54. The molecule has 1 aliphatic carbocycles. The predicted molar refractivity (Wildman–Crippen MR) is 65.6 cm³/mol. The maximum Gasteiger partial charge on any atom is 0.240 e. The van der Waals surface area contributed by atoms with E-state index in [9.17, 15) is 8.42 Å². The van der Waals surface area contributed by atoms with Gasteiger partial charge in [0.05, 0.1) is 12.0 Å². The van der Waals surface area contributed by atoms with E-state index in [2.05, 4.69) is 4.72 Å². The molecule has 0 heterocycles. The van der Waals surface area contributed by atoms with Gasteiger partial charge in [-0.2, -0.15) is 0 Å². The zero-order valence-electron chi connectivity index (χ0n) is 9.85. The number of benzene rings is 1. The highest BCUT2D eigenvalue weighted by Crippen LogP contribution is 2.21. The molecule has 1 fully saturated rings. The van der Waals surface area contributed by atoms with Gasteiger partial charge in [0.15, 0.2) is 0 Å². The summed E-state index contributed by atoms with van der Waals surface area (Å²) in [5, 5.41) is 0. The molecular formula is C12H17NO3S. The van der Waals surface area contributed by atoms with Gasteiger partial charge in [-0.05, 0) is 37.1 Å². The van der Waals surface area contributed by atoms with E-state index < -0.39 is 10.0 Å². The van der Waals surface area contributed by atoms with Crippen LogP contribution in [0, 0.1) is 0 Å². The van der Waals surface area contributed by atoms with Crippen LogP contribution in [0.4, 0.5) is 0 Å². The third-order valence-corrected chi connectivity index (χ3v) is 4.58. The van der Waals surface area contributed by atoms with E-state index in [-0.39, 0.29) is 6.04 Å². The highest BCUT2D eigenvalue weighted by atomic mass is 32.2. The van der Waals surface area contributed by atoms with Crippen LogP contribution in [0.3, 0.4) is 0 Å². The molecule has 1 aromatic rings. The third kappa shape index (κ3) is 2.98. The second-order valence-electron chi connectivity index (χ2n) is 4.28. The van der Waals surface area contributed by atoms with Crippen molar-refractivity contribution in [3.05, 3.63) is 24.3 Å². The van der Waals surface area contributed by atoms with E-state index >= 15 is 0 Å². The van der Waals surface area contributed by atoms with Gasteiger partial charge in [-0.15, -0.1) is 0 Å². The molecule has 4 nitrogen and oxygen atoms in total. The number of hydrogen-bond donors (Lipinski definition) is 1. The molecule has 0 bridgehead atoms. The maximum absolute atomic E-state index is 12.0. The average molecular weight is 255 g/mol. The van der Waals surface area contributed by atoms with Crippen LogP contribution in [-0.4, -0.2) is 21.6 Å². The van der Waals surface area contributed by atoms with Crippen LogP contribution in [0.15, 0.2) is 29.2 Å². The van der Waals surface area contributed by atoms with Gasteiger partial charge < -0.3 is 4.74 Å². The Bertz CT molecular complexity index is 461. The lowest BCUT2D eigenvalue weighted by Gasteiger charge is -2.12. The molecule has 2 rings (SSSR count). The molecule has 0 radical (unpaired) electrons. The predicted octanol–water partition coefficient (Wildman–Crippen LogP) is 1.92. The van der Waals surface area contributed by atoms with Crippen molar-refractivity contribution in [3.63, 3.8) is 0 Å². The molecule has 1 saturated carbocycles. The van der Waals surface area contributed by atoms with E-state index in [1.807, 2.05) is 0 Å². The van der Waals surface area contributed by atoms with Gasteiger partial charge in [0, 0.05) is 6.04 Å². The van der Waals surface area contributed by atoms with Gasteiger partial charge in [-0.25, -0.2) is 13.1 Å². The summed E-state index contributed by atoms with van der Waals surface area (Å²) in [7, 11) is -1.82. The highest BCUT2D eigenvalue weighted by Gasteiger charge is 2.22. The Balaban J connectivity index is 2.12. The zero-order valence-corrected chi connectivity index (χ0v) is 10.7. The zero-order chi connectivity index (χ0) is 12.3. The topological polar surface area (TPSA) is 55.4 Å². The third-order valence-electron chi connectivity index (χ3n) is 3.05. The van der Waals surface area contributed by atoms with Crippen molar-refractivity contribution < 1.29 is 13.2 Å². The smallest absolute Gasteiger partial charge is 0.240 e. The van der Waals surface area contributed by atoms with E-state index in [4.69, 9.17) is 4.74 Å². The minimum Gasteiger partial charge on any atom is -0.497 e. The van der Waals surface area contributed by atoms with Gasteiger partial charge in [0.1, 0.15) is 5.75 Å². The van der Waals surface area contributed by atoms with Crippen LogP contribution < -0.4 is 9.46 Å². The quantitative estimate of drug-likeness (QED) is 0.894. The SMILES string of the molecule is COc1ccc(S(=O)(=O)NC2CCCC2)cc1. The Labute approximate surface area is 102 Å². The van der Waals surface area contributed by atoms with Crippen molar-refractivity contribution in [2.75, 3.05) is 7.11 Å². The number of hydrogen-bond acceptors (Lipinski definition) is 3. The lowest BCUT2D eigenvalue weighted by Crippen LogP contribution is -2.32. The molecule has 1 aliphatic rings. The van der Waals surface area contributed by atoms with Crippen molar-refractivity contribution in [2.45, 2.75) is 36.6 Å². The molecular weight excluding hydrogens is 238 g/mol. The first-order valence-corrected chi connectivity index (χ1v) is 7.26. The average Bonchev–Trinajstić information content (AvgIpc) is 2.81. The van der Waals surface area contributed by atoms with Crippen molar-refractivity contribution in [3.8, 4) is 5.75 Å². The fourth-order valence-corrected chi connectivity index (χ4v) is 3.39. The minimum atomic E-state index is -3.37. The fourth-order valence-electron chi connectivity index (χ4n) is 2.09. The molecule has 17 heavy (non-hydrogen) atoms. The second-order valence-corrected chi connectivity index (χ2v) is 5.99. The van der Waals surface area contributed by atoms with Crippen LogP contribution in [0.2, 0.25) is 0 Å². The van der Waals surface area contributed by atoms with Crippen LogP contribution in [0.25, 0.3) is 0 Å². The van der Waals surface area contributed by atoms with Gasteiger partial charge in [-0.1, -0.05) is 12.8 Å². The Kier molecular flexibility index (Phi) is 3.69. The summed E-state index contributed by atoms with van der Waals surface area (Å²) < 4.78 is 31.8. The van der Waals surface area contributed by atoms with E-state index in [1.165, 1.54) is 0 Å². The first-order chi connectivity index (χ1) is 8.12. The first kappa shape index (κ1) is 12.4. The highest BCUT2D eigenvalue weighted by molar-refractivity contribution is 7.89. The lowest BCUT2D eigenvalue weighted by molar-refractivity contribution is 0.414. The molecule has 0 atom stereocenters. The Morgan fingerprint density at radius 3 is 2.29 bits per heavy atom. The van der Waals surface area contributed by atoms with Crippen molar-refractivity contribution in [1.29, 1.82) is 0 Å². The Hall–Kier alpha value is -1.07. The Morgan fingerprint density at radius 1 is 1.18 bits per heavy atom. The largest absolute Gasteiger partial charge is 0.497 e. The van der Waals surface area contributed by atoms with Crippen LogP contribution >= 0.6 is 0 Å². The second kappa shape index (κ2) is 5.06. The minimum absolute atomic E-state index is 0.0992. The van der Waals surface area contributed by atoms with Gasteiger partial charge in [-0.3, -0.25) is 0 Å². The van der Waals surface area contributed by atoms with Gasteiger partial charge >= 0.3 is 0 Å². The van der Waals surface area contributed by atoms with Crippen molar-refractivity contribution in [1.82, 2.24) is 4.72 Å². The molecule has 94 valence electrons. The van der Waals surface area contributed by atoms with Crippen molar-refractivity contribution >= 4 is 10.0 Å². The van der Waals surface area contributed by atoms with E-state index in [1.54, 1.807) is 31.4 Å². The number of methoxy groups -OCH3 is 1. The molecule has 5 heteroatoms. The van der Waals surface area contributed by atoms with Gasteiger partial charge in [0.2, 0.25) is 10.0 Å². The summed E-state index contributed by atoms with van der Waals surface area (Å²) in [4.78, 5) is 0.296. The molecule has 1 N–H and O–H groups in total. The van der Waals surface area contributed by atoms with Crippen LogP contribution in [0.5, 0.6) is 5.75 Å². The van der Waals surface area contributed by atoms with E-state index in [0.29, 0.717) is 10.6 Å². The van der Waals surface area contributed by atoms with Crippen LogP contribution in [-0.2, 0) is 10.0 Å². The molecule has 1 aromatic carbocycles. The summed E-state index contributed by atoms with van der Waals surface area (Å²) in [6.45, 7) is 0. The lowest BCUT2D eigenvalue weighted by atomic mass is 10.3. The summed E-state index contributed by atoms with van der Waals surface area (Å²) in [5.41, 5.74) is 0. The molecule has 0 saturated heterocycles. The molecule has 0 amide bonds. The van der Waals surface area contributed by atoms with Gasteiger partial charge in [0.25, 0.3) is 0 Å². The van der Waals surface area contributed by atoms with Crippen molar-refractivity contribution in [2.24, 2.45) is 0 Å².